The first-order valence-electron chi connectivity index (χ1n) is 7.76. The summed E-state index contributed by atoms with van der Waals surface area (Å²) in [5.41, 5.74) is 6.73. The lowest BCUT2D eigenvalue weighted by atomic mass is 9.93. The van der Waals surface area contributed by atoms with E-state index >= 15 is 0 Å². The smallest absolute Gasteiger partial charge is 0.265 e. The Bertz CT molecular complexity index is 901. The van der Waals surface area contributed by atoms with Crippen molar-refractivity contribution in [1.29, 1.82) is 0 Å². The largest absolute Gasteiger partial charge is 0.364 e. The molecule has 0 spiro atoms. The van der Waals surface area contributed by atoms with Crippen molar-refractivity contribution in [3.05, 3.63) is 58.1 Å². The molecular weight excluding hydrogens is 361 g/mol. The molecule has 0 bridgehead atoms. The molecule has 2 amide bonds. The van der Waals surface area contributed by atoms with E-state index in [1.165, 1.54) is 25.2 Å². The average Bonchev–Trinajstić information content (AvgIpc) is 2.60. The highest BCUT2D eigenvalue weighted by Crippen LogP contribution is 2.25. The van der Waals surface area contributed by atoms with E-state index in [0.717, 1.165) is 5.01 Å². The summed E-state index contributed by atoms with van der Waals surface area (Å²) in [4.78, 5) is 23.5. The van der Waals surface area contributed by atoms with Gasteiger partial charge >= 0.3 is 0 Å². The fourth-order valence-electron chi connectivity index (χ4n) is 2.68. The maximum Gasteiger partial charge on any atom is 0.265 e. The van der Waals surface area contributed by atoms with Crippen molar-refractivity contribution in [2.24, 2.45) is 10.8 Å². The molecule has 26 heavy (non-hydrogen) atoms. The first-order valence-corrected chi connectivity index (χ1v) is 8.14. The molecular formula is C17H15ClFN5O2. The zero-order chi connectivity index (χ0) is 18.8. The van der Waals surface area contributed by atoms with E-state index in [0.29, 0.717) is 22.0 Å². The lowest BCUT2D eigenvalue weighted by molar-refractivity contribution is -0.130. The van der Waals surface area contributed by atoms with Crippen molar-refractivity contribution in [1.82, 2.24) is 15.2 Å². The summed E-state index contributed by atoms with van der Waals surface area (Å²) in [7, 11) is 1.45. The number of amides is 2. The lowest BCUT2D eigenvalue weighted by Gasteiger charge is -2.24. The van der Waals surface area contributed by atoms with Gasteiger partial charge < -0.3 is 5.73 Å². The molecule has 0 aliphatic carbocycles. The quantitative estimate of drug-likeness (QED) is 0.877. The van der Waals surface area contributed by atoms with Crippen molar-refractivity contribution < 1.29 is 14.0 Å². The summed E-state index contributed by atoms with van der Waals surface area (Å²) in [6.45, 7) is 0. The molecule has 0 saturated carbocycles. The Labute approximate surface area is 153 Å². The van der Waals surface area contributed by atoms with Crippen LogP contribution in [0.3, 0.4) is 0 Å². The van der Waals surface area contributed by atoms with E-state index in [9.17, 15) is 14.0 Å². The number of carbonyl (C=O) groups excluding carboxylic acids is 2. The molecule has 9 heteroatoms. The van der Waals surface area contributed by atoms with Crippen molar-refractivity contribution in [2.45, 2.75) is 18.8 Å². The maximum absolute atomic E-state index is 13.8. The van der Waals surface area contributed by atoms with Crippen LogP contribution in [0.2, 0.25) is 5.02 Å². The minimum absolute atomic E-state index is 0.0230. The number of aromatic nitrogens is 2. The molecule has 2 aromatic rings. The number of hydrazone groups is 1. The summed E-state index contributed by atoms with van der Waals surface area (Å²) < 4.78 is 13.8. The zero-order valence-corrected chi connectivity index (χ0v) is 14.6. The molecule has 1 aromatic carbocycles. The van der Waals surface area contributed by atoms with Gasteiger partial charge in [0.25, 0.3) is 5.91 Å². The Morgan fingerprint density at radius 1 is 1.35 bits per heavy atom. The van der Waals surface area contributed by atoms with E-state index in [2.05, 4.69) is 15.3 Å². The van der Waals surface area contributed by atoms with Crippen LogP contribution in [0.25, 0.3) is 0 Å². The van der Waals surface area contributed by atoms with Crippen LogP contribution in [0.5, 0.6) is 0 Å². The number of hydrogen-bond donors (Lipinski definition) is 1. The van der Waals surface area contributed by atoms with E-state index in [4.69, 9.17) is 17.3 Å². The topological polar surface area (TPSA) is 102 Å². The zero-order valence-electron chi connectivity index (χ0n) is 13.8. The molecule has 1 aliphatic rings. The molecule has 2 N–H and O–H groups in total. The number of nitrogens with zero attached hydrogens (tertiary/aromatic N) is 4. The Kier molecular flexibility index (Phi) is 4.94. The summed E-state index contributed by atoms with van der Waals surface area (Å²) >= 11 is 5.89. The highest BCUT2D eigenvalue weighted by Gasteiger charge is 2.33. The van der Waals surface area contributed by atoms with E-state index in [1.807, 2.05) is 0 Å². The van der Waals surface area contributed by atoms with Crippen LogP contribution in [0.15, 0.2) is 35.4 Å². The Morgan fingerprint density at radius 2 is 2.12 bits per heavy atom. The molecule has 1 atom stereocenters. The van der Waals surface area contributed by atoms with Crippen molar-refractivity contribution in [3.8, 4) is 0 Å². The Morgan fingerprint density at radius 3 is 2.77 bits per heavy atom. The minimum Gasteiger partial charge on any atom is -0.364 e. The highest BCUT2D eigenvalue weighted by atomic mass is 35.5. The first kappa shape index (κ1) is 17.9. The van der Waals surface area contributed by atoms with Crippen LogP contribution in [-0.4, -0.2) is 39.8 Å². The van der Waals surface area contributed by atoms with Crippen LogP contribution in [-0.2, 0) is 16.0 Å². The molecule has 1 aliphatic heterocycles. The summed E-state index contributed by atoms with van der Waals surface area (Å²) in [5.74, 6) is -2.02. The fourth-order valence-corrected chi connectivity index (χ4v) is 2.88. The molecule has 7 nitrogen and oxygen atoms in total. The van der Waals surface area contributed by atoms with Crippen LogP contribution < -0.4 is 5.73 Å². The van der Waals surface area contributed by atoms with Gasteiger partial charge in [-0.05, 0) is 35.9 Å². The number of benzene rings is 1. The molecule has 0 fully saturated rings. The van der Waals surface area contributed by atoms with Crippen LogP contribution in [0, 0.1) is 5.82 Å². The number of primary amides is 1. The maximum atomic E-state index is 13.8. The van der Waals surface area contributed by atoms with Gasteiger partial charge in [0.05, 0.1) is 17.3 Å². The molecule has 0 radical (unpaired) electrons. The van der Waals surface area contributed by atoms with Crippen molar-refractivity contribution in [3.63, 3.8) is 0 Å². The predicted octanol–water partition coefficient (Wildman–Crippen LogP) is 1.65. The van der Waals surface area contributed by atoms with E-state index in [1.54, 1.807) is 12.1 Å². The summed E-state index contributed by atoms with van der Waals surface area (Å²) in [6, 6.07) is 7.58. The van der Waals surface area contributed by atoms with Crippen LogP contribution in [0.1, 0.15) is 29.3 Å². The Balaban J connectivity index is 1.85. The summed E-state index contributed by atoms with van der Waals surface area (Å²) in [5, 5.41) is 13.6. The van der Waals surface area contributed by atoms with E-state index < -0.39 is 11.8 Å². The van der Waals surface area contributed by atoms with Gasteiger partial charge in [0.1, 0.15) is 11.5 Å². The highest BCUT2D eigenvalue weighted by molar-refractivity contribution is 6.41. The van der Waals surface area contributed by atoms with Gasteiger partial charge in [0.2, 0.25) is 5.91 Å². The second-order valence-electron chi connectivity index (χ2n) is 5.89. The monoisotopic (exact) mass is 375 g/mol. The predicted molar refractivity (Wildman–Crippen MR) is 93.0 cm³/mol. The van der Waals surface area contributed by atoms with Gasteiger partial charge in [-0.1, -0.05) is 11.6 Å². The van der Waals surface area contributed by atoms with Gasteiger partial charge in [0, 0.05) is 24.9 Å². The van der Waals surface area contributed by atoms with Crippen molar-refractivity contribution >= 4 is 29.1 Å². The molecule has 2 heterocycles. The standard InChI is InChI=1S/C17H15ClFN5O2/c1-24-15(25)8-12(16(23-24)17(20)26)14-5-3-11(21-22-14)7-9-6-10(18)2-4-13(9)19/h2-6,12H,7-8H2,1H3,(H2,20,26). The van der Waals surface area contributed by atoms with E-state index in [-0.39, 0.29) is 30.3 Å². The van der Waals surface area contributed by atoms with Gasteiger partial charge in [-0.15, -0.1) is 0 Å². The molecule has 3 rings (SSSR count). The second-order valence-corrected chi connectivity index (χ2v) is 6.32. The first-order chi connectivity index (χ1) is 12.3. The Hall–Kier alpha value is -2.87. The third-order valence-electron chi connectivity index (χ3n) is 4.06. The molecule has 134 valence electrons. The number of rotatable bonds is 4. The lowest BCUT2D eigenvalue weighted by Crippen LogP contribution is -2.40. The number of carbonyl (C=O) groups is 2. The minimum atomic E-state index is -0.721. The third-order valence-corrected chi connectivity index (χ3v) is 4.29. The number of nitrogens with two attached hydrogens (primary N) is 1. The van der Waals surface area contributed by atoms with Crippen LogP contribution >= 0.6 is 11.6 Å². The SMILES string of the molecule is CN1N=C(C(N)=O)C(c2ccc(Cc3cc(Cl)ccc3F)nn2)CC1=O. The normalized spacial score (nSPS) is 17.2. The number of hydrogen-bond acceptors (Lipinski definition) is 5. The van der Waals surface area contributed by atoms with Crippen LogP contribution in [0.4, 0.5) is 4.39 Å². The van der Waals surface area contributed by atoms with Gasteiger partial charge in [-0.25, -0.2) is 9.40 Å². The fraction of sp³-hybridized carbons (Fsp3) is 0.235. The van der Waals surface area contributed by atoms with Gasteiger partial charge in [0.15, 0.2) is 0 Å². The third kappa shape index (κ3) is 3.70. The second kappa shape index (κ2) is 7.17. The molecule has 1 unspecified atom stereocenters. The molecule has 1 aromatic heterocycles. The van der Waals surface area contributed by atoms with Crippen molar-refractivity contribution in [2.75, 3.05) is 7.05 Å². The average molecular weight is 376 g/mol. The van der Waals surface area contributed by atoms with Gasteiger partial charge in [-0.2, -0.15) is 15.3 Å². The van der Waals surface area contributed by atoms with Gasteiger partial charge in [-0.3, -0.25) is 9.59 Å². The summed E-state index contributed by atoms with van der Waals surface area (Å²) in [6.07, 6.45) is 0.234. The number of halogens is 2. The molecule has 0 saturated heterocycles.